The van der Waals surface area contributed by atoms with Gasteiger partial charge in [0.05, 0.1) is 6.54 Å². The number of carbonyl (C=O) groups is 1. The number of para-hydroxylation sites is 1. The van der Waals surface area contributed by atoms with Crippen LogP contribution < -0.4 is 9.04 Å². The number of thiophene rings is 1. The van der Waals surface area contributed by atoms with Crippen LogP contribution in [0.5, 0.6) is 5.75 Å². The summed E-state index contributed by atoms with van der Waals surface area (Å²) in [5.41, 5.74) is 1.43. The quantitative estimate of drug-likeness (QED) is 0.164. The number of benzene rings is 2. The van der Waals surface area contributed by atoms with Crippen molar-refractivity contribution in [2.24, 2.45) is 5.92 Å². The summed E-state index contributed by atoms with van der Waals surface area (Å²) in [5, 5.41) is 0.207. The number of amides is 1. The van der Waals surface area contributed by atoms with Crippen LogP contribution >= 0.6 is 11.3 Å². The smallest absolute Gasteiger partial charge is 0.429 e. The summed E-state index contributed by atoms with van der Waals surface area (Å²) in [6, 6.07) is 15.7. The molecule has 8 nitrogen and oxygen atoms in total. The third-order valence-electron chi connectivity index (χ3n) is 5.83. The molecule has 0 aliphatic rings. The van der Waals surface area contributed by atoms with E-state index < -0.39 is 23.2 Å². The maximum atomic E-state index is 15.2. The van der Waals surface area contributed by atoms with Crippen molar-refractivity contribution in [2.45, 2.75) is 33.7 Å². The van der Waals surface area contributed by atoms with E-state index in [1.807, 2.05) is 35.8 Å². The highest BCUT2D eigenvalue weighted by molar-refractivity contribution is 7.82. The monoisotopic (exact) mass is 571 g/mol. The van der Waals surface area contributed by atoms with Crippen molar-refractivity contribution in [3.8, 4) is 16.9 Å². The van der Waals surface area contributed by atoms with E-state index in [0.29, 0.717) is 45.6 Å². The lowest BCUT2D eigenvalue weighted by atomic mass is 10.0. The number of halogens is 1. The van der Waals surface area contributed by atoms with Crippen molar-refractivity contribution in [3.63, 3.8) is 0 Å². The molecule has 1 unspecified atom stereocenters. The molecule has 0 spiro atoms. The fraction of sp³-hybridized carbons (Fsp3) is 0.286. The third kappa shape index (κ3) is 7.31. The summed E-state index contributed by atoms with van der Waals surface area (Å²) < 4.78 is 51.0. The van der Waals surface area contributed by atoms with Gasteiger partial charge in [-0.3, -0.25) is 4.55 Å². The van der Waals surface area contributed by atoms with E-state index in [0.717, 1.165) is 10.7 Å². The van der Waals surface area contributed by atoms with Gasteiger partial charge in [-0.2, -0.15) is 4.31 Å². The van der Waals surface area contributed by atoms with Crippen LogP contribution in [0.25, 0.3) is 11.1 Å². The predicted molar refractivity (Wildman–Crippen MR) is 151 cm³/mol. The maximum Gasteiger partial charge on any atom is 0.429 e. The lowest BCUT2D eigenvalue weighted by Gasteiger charge is -2.18. The van der Waals surface area contributed by atoms with E-state index in [1.165, 1.54) is 17.4 Å². The Balaban J connectivity index is 1.58. The second-order valence-electron chi connectivity index (χ2n) is 9.24. The molecule has 4 aromatic rings. The van der Waals surface area contributed by atoms with Crippen LogP contribution in [-0.4, -0.2) is 37.6 Å². The molecule has 0 fully saturated rings. The Morgan fingerprint density at radius 2 is 1.95 bits per heavy atom. The molecule has 2 heterocycles. The molecule has 0 bridgehead atoms. The highest BCUT2D eigenvalue weighted by Crippen LogP contribution is 2.41. The van der Waals surface area contributed by atoms with Crippen LogP contribution in [-0.2, 0) is 29.0 Å². The molecule has 0 aliphatic heterocycles. The van der Waals surface area contributed by atoms with E-state index in [2.05, 4.69) is 18.8 Å². The normalized spacial score (nSPS) is 11.9. The van der Waals surface area contributed by atoms with Crippen LogP contribution in [0.2, 0.25) is 0 Å². The van der Waals surface area contributed by atoms with E-state index in [-0.39, 0.29) is 18.2 Å². The number of anilines is 1. The summed E-state index contributed by atoms with van der Waals surface area (Å²) in [7, 11) is 0. The zero-order valence-corrected chi connectivity index (χ0v) is 23.5. The molecule has 1 amide bonds. The van der Waals surface area contributed by atoms with Gasteiger partial charge < -0.3 is 14.0 Å². The molecule has 0 radical (unpaired) electrons. The molecular weight excluding hydrogens is 541 g/mol. The molecule has 2 aromatic heterocycles. The minimum atomic E-state index is -2.72. The summed E-state index contributed by atoms with van der Waals surface area (Å²) in [6.07, 6.45) is 3.12. The van der Waals surface area contributed by atoms with Crippen LogP contribution in [0.1, 0.15) is 30.1 Å². The number of aryl methyl sites for hydroxylation is 1. The van der Waals surface area contributed by atoms with Crippen molar-refractivity contribution < 1.29 is 27.4 Å². The number of carbonyl (C=O) groups excluding carboxylic acids is 1. The van der Waals surface area contributed by atoms with Gasteiger partial charge in [0, 0.05) is 28.4 Å². The lowest BCUT2D eigenvalue weighted by molar-refractivity contribution is 0.134. The fourth-order valence-corrected chi connectivity index (χ4v) is 5.98. The minimum Gasteiger partial charge on any atom is -0.490 e. The summed E-state index contributed by atoms with van der Waals surface area (Å²) >= 11 is -1.51. The number of hydrogen-bond acceptors (Lipinski definition) is 6. The Morgan fingerprint density at radius 1 is 1.18 bits per heavy atom. The fourth-order valence-electron chi connectivity index (χ4n) is 3.97. The highest BCUT2D eigenvalue weighted by Gasteiger charge is 2.29. The highest BCUT2D eigenvalue weighted by atomic mass is 32.2. The standard InChI is InChI=1S/C28H30FN3O5S2/c1-19(2)15-24-17-25(21-9-10-22(26(29)16-21)18-31-12-11-30-20(31)3)27(38-24)32(39(34)35)28(33)37-14-13-36-23-7-5-4-6-8-23/h4-12,16-17,19H,13-15,18H2,1-3H3,(H,34,35). The van der Waals surface area contributed by atoms with Crippen molar-refractivity contribution in [2.75, 3.05) is 17.5 Å². The SMILES string of the molecule is Cc1nccn1Cc1ccc(-c2cc(CC(C)C)sc2N(C(=O)OCCOc2ccccc2)S(=O)O)cc1F. The second kappa shape index (κ2) is 13.0. The number of rotatable bonds is 11. The van der Waals surface area contributed by atoms with Gasteiger partial charge in [0.25, 0.3) is 11.3 Å². The van der Waals surface area contributed by atoms with Gasteiger partial charge in [0.2, 0.25) is 0 Å². The van der Waals surface area contributed by atoms with Crippen LogP contribution in [0.15, 0.2) is 67.0 Å². The summed E-state index contributed by atoms with van der Waals surface area (Å²) in [5.74, 6) is 1.26. The molecule has 39 heavy (non-hydrogen) atoms. The van der Waals surface area contributed by atoms with E-state index in [9.17, 15) is 13.6 Å². The molecule has 2 aromatic carbocycles. The molecule has 206 valence electrons. The van der Waals surface area contributed by atoms with Crippen molar-refractivity contribution in [1.82, 2.24) is 9.55 Å². The van der Waals surface area contributed by atoms with Gasteiger partial charge in [-0.1, -0.05) is 44.2 Å². The summed E-state index contributed by atoms with van der Waals surface area (Å²) in [4.78, 5) is 18.0. The Hall–Kier alpha value is -3.54. The first-order valence-corrected chi connectivity index (χ1v) is 14.3. The van der Waals surface area contributed by atoms with Crippen molar-refractivity contribution in [3.05, 3.63) is 89.1 Å². The Bertz CT molecular complexity index is 1440. The van der Waals surface area contributed by atoms with Crippen molar-refractivity contribution >= 4 is 33.7 Å². The zero-order chi connectivity index (χ0) is 27.9. The van der Waals surface area contributed by atoms with Gasteiger partial charge >= 0.3 is 6.09 Å². The molecular formula is C28H30FN3O5S2. The number of imidazole rings is 1. The average Bonchev–Trinajstić information content (AvgIpc) is 3.49. The van der Waals surface area contributed by atoms with Gasteiger partial charge in [0.15, 0.2) is 0 Å². The van der Waals surface area contributed by atoms with Crippen LogP contribution in [0.3, 0.4) is 0 Å². The average molecular weight is 572 g/mol. The lowest BCUT2D eigenvalue weighted by Crippen LogP contribution is -2.33. The molecule has 4 rings (SSSR count). The number of ether oxygens (including phenoxy) is 2. The van der Waals surface area contributed by atoms with E-state index in [1.54, 1.807) is 36.7 Å². The Labute approximate surface area is 233 Å². The molecule has 1 atom stereocenters. The van der Waals surface area contributed by atoms with Gasteiger partial charge in [0.1, 0.15) is 35.6 Å². The Morgan fingerprint density at radius 3 is 2.59 bits per heavy atom. The summed E-state index contributed by atoms with van der Waals surface area (Å²) in [6.45, 7) is 6.20. The first-order valence-electron chi connectivity index (χ1n) is 12.4. The number of aromatic nitrogens is 2. The molecule has 1 N–H and O–H groups in total. The molecule has 0 aliphatic carbocycles. The van der Waals surface area contributed by atoms with E-state index >= 15 is 4.39 Å². The van der Waals surface area contributed by atoms with Crippen molar-refractivity contribution in [1.29, 1.82) is 0 Å². The number of nitrogens with zero attached hydrogens (tertiary/aromatic N) is 3. The molecule has 11 heteroatoms. The Kier molecular flexibility index (Phi) is 9.50. The van der Waals surface area contributed by atoms with E-state index in [4.69, 9.17) is 9.47 Å². The van der Waals surface area contributed by atoms with Crippen LogP contribution in [0.4, 0.5) is 14.2 Å². The van der Waals surface area contributed by atoms with Crippen LogP contribution in [0, 0.1) is 18.7 Å². The van der Waals surface area contributed by atoms with Gasteiger partial charge in [-0.25, -0.2) is 18.4 Å². The third-order valence-corrected chi connectivity index (χ3v) is 7.73. The largest absolute Gasteiger partial charge is 0.490 e. The molecule has 0 saturated carbocycles. The van der Waals surface area contributed by atoms with Gasteiger partial charge in [-0.15, -0.1) is 11.3 Å². The first-order chi connectivity index (χ1) is 18.7. The second-order valence-corrected chi connectivity index (χ2v) is 11.2. The first kappa shape index (κ1) is 28.5. The predicted octanol–water partition coefficient (Wildman–Crippen LogP) is 6.46. The zero-order valence-electron chi connectivity index (χ0n) is 21.9. The minimum absolute atomic E-state index is 0.0701. The van der Waals surface area contributed by atoms with Gasteiger partial charge in [-0.05, 0) is 49.1 Å². The number of hydrogen-bond donors (Lipinski definition) is 1. The maximum absolute atomic E-state index is 15.2. The topological polar surface area (TPSA) is 93.9 Å². The molecule has 0 saturated heterocycles.